The Morgan fingerprint density at radius 3 is 2.79 bits per heavy atom. The average molecular weight is 341 g/mol. The lowest BCUT2D eigenvalue weighted by Crippen LogP contribution is -2.30. The van der Waals surface area contributed by atoms with Gasteiger partial charge in [0.15, 0.2) is 0 Å². The number of hydrogen-bond acceptors (Lipinski definition) is 3. The molecule has 0 bridgehead atoms. The standard InChI is InChI=1S/C19H17ClN2O2/c1-11-16(20)10-9-14-12-6-4-7-13(12)19(21-18(11)14)15-5-2-3-8-17(15)22(23)24/h2-6,8-10,12-13,19,21H,7H2,1H3/t12-,13+,19+/m1/s1. The number of anilines is 1. The average Bonchev–Trinajstić information content (AvgIpc) is 3.07. The topological polar surface area (TPSA) is 55.2 Å². The highest BCUT2D eigenvalue weighted by Crippen LogP contribution is 2.52. The molecule has 0 saturated carbocycles. The Hall–Kier alpha value is -2.33. The molecule has 2 aliphatic rings. The van der Waals surface area contributed by atoms with Gasteiger partial charge in [0.05, 0.1) is 16.5 Å². The molecule has 24 heavy (non-hydrogen) atoms. The summed E-state index contributed by atoms with van der Waals surface area (Å²) < 4.78 is 0. The molecule has 2 aromatic carbocycles. The van der Waals surface area contributed by atoms with Gasteiger partial charge in [0.1, 0.15) is 0 Å². The first kappa shape index (κ1) is 15.2. The van der Waals surface area contributed by atoms with Crippen LogP contribution in [-0.2, 0) is 0 Å². The molecule has 4 rings (SSSR count). The number of nitro benzene ring substituents is 1. The zero-order valence-corrected chi connectivity index (χ0v) is 14.0. The molecule has 0 amide bonds. The molecular weight excluding hydrogens is 324 g/mol. The minimum absolute atomic E-state index is 0.101. The highest BCUT2D eigenvalue weighted by Gasteiger charge is 2.40. The number of fused-ring (bicyclic) bond motifs is 3. The van der Waals surface area contributed by atoms with Crippen molar-refractivity contribution in [2.24, 2.45) is 5.92 Å². The molecule has 1 heterocycles. The molecule has 0 radical (unpaired) electrons. The van der Waals surface area contributed by atoms with Gasteiger partial charge in [-0.05, 0) is 36.5 Å². The third-order valence-electron chi connectivity index (χ3n) is 5.20. The number of allylic oxidation sites excluding steroid dienone is 2. The van der Waals surface area contributed by atoms with Gasteiger partial charge < -0.3 is 5.32 Å². The van der Waals surface area contributed by atoms with E-state index in [4.69, 9.17) is 11.6 Å². The van der Waals surface area contributed by atoms with Gasteiger partial charge >= 0.3 is 0 Å². The number of rotatable bonds is 2. The highest BCUT2D eigenvalue weighted by atomic mass is 35.5. The van der Waals surface area contributed by atoms with Crippen molar-refractivity contribution in [3.63, 3.8) is 0 Å². The summed E-state index contributed by atoms with van der Waals surface area (Å²) in [6.45, 7) is 1.99. The molecule has 0 spiro atoms. The Morgan fingerprint density at radius 1 is 1.21 bits per heavy atom. The summed E-state index contributed by atoms with van der Waals surface area (Å²) in [6.07, 6.45) is 5.31. The zero-order chi connectivity index (χ0) is 16.8. The van der Waals surface area contributed by atoms with Crippen LogP contribution in [0.5, 0.6) is 0 Å². The van der Waals surface area contributed by atoms with Crippen molar-refractivity contribution in [2.75, 3.05) is 5.32 Å². The predicted molar refractivity (Wildman–Crippen MR) is 95.6 cm³/mol. The van der Waals surface area contributed by atoms with Crippen LogP contribution < -0.4 is 5.32 Å². The maximum absolute atomic E-state index is 11.5. The van der Waals surface area contributed by atoms with E-state index >= 15 is 0 Å². The lowest BCUT2D eigenvalue weighted by molar-refractivity contribution is -0.385. The zero-order valence-electron chi connectivity index (χ0n) is 13.2. The molecule has 0 saturated heterocycles. The first-order chi connectivity index (χ1) is 11.6. The molecule has 0 fully saturated rings. The molecule has 4 nitrogen and oxygen atoms in total. The molecule has 122 valence electrons. The Morgan fingerprint density at radius 2 is 2.00 bits per heavy atom. The van der Waals surface area contributed by atoms with E-state index in [0.29, 0.717) is 5.02 Å². The van der Waals surface area contributed by atoms with Gasteiger partial charge in [-0.3, -0.25) is 10.1 Å². The maximum Gasteiger partial charge on any atom is 0.274 e. The van der Waals surface area contributed by atoms with Crippen LogP contribution in [-0.4, -0.2) is 4.92 Å². The maximum atomic E-state index is 11.5. The molecule has 5 heteroatoms. The number of nitrogens with one attached hydrogen (secondary N) is 1. The summed E-state index contributed by atoms with van der Waals surface area (Å²) in [5.41, 5.74) is 4.15. The van der Waals surface area contributed by atoms with Gasteiger partial charge in [0.25, 0.3) is 5.69 Å². The number of hydrogen-bond donors (Lipinski definition) is 1. The highest BCUT2D eigenvalue weighted by molar-refractivity contribution is 6.31. The molecule has 3 atom stereocenters. The van der Waals surface area contributed by atoms with Crippen molar-refractivity contribution in [3.8, 4) is 0 Å². The second-order valence-electron chi connectivity index (χ2n) is 6.43. The van der Waals surface area contributed by atoms with E-state index in [-0.39, 0.29) is 28.5 Å². The summed E-state index contributed by atoms with van der Waals surface area (Å²) >= 11 is 6.30. The molecule has 0 unspecified atom stereocenters. The van der Waals surface area contributed by atoms with Crippen molar-refractivity contribution < 1.29 is 4.92 Å². The fraction of sp³-hybridized carbons (Fsp3) is 0.263. The first-order valence-electron chi connectivity index (χ1n) is 8.03. The van der Waals surface area contributed by atoms with Crippen molar-refractivity contribution in [3.05, 3.63) is 80.4 Å². The predicted octanol–water partition coefficient (Wildman–Crippen LogP) is 5.38. The fourth-order valence-corrected chi connectivity index (χ4v) is 4.17. The van der Waals surface area contributed by atoms with Crippen LogP contribution in [0.15, 0.2) is 48.6 Å². The third kappa shape index (κ3) is 2.21. The van der Waals surface area contributed by atoms with Crippen LogP contribution in [0, 0.1) is 23.0 Å². The largest absolute Gasteiger partial charge is 0.377 e. The van der Waals surface area contributed by atoms with E-state index in [1.165, 1.54) is 5.56 Å². The van der Waals surface area contributed by atoms with Crippen LogP contribution in [0.2, 0.25) is 5.02 Å². The summed E-state index contributed by atoms with van der Waals surface area (Å²) in [4.78, 5) is 11.2. The van der Waals surface area contributed by atoms with Crippen molar-refractivity contribution >= 4 is 23.0 Å². The number of para-hydroxylation sites is 1. The molecule has 1 N–H and O–H groups in total. The second-order valence-corrected chi connectivity index (χ2v) is 6.84. The van der Waals surface area contributed by atoms with Gasteiger partial charge in [-0.1, -0.05) is 48.0 Å². The van der Waals surface area contributed by atoms with Crippen molar-refractivity contribution in [2.45, 2.75) is 25.3 Å². The van der Waals surface area contributed by atoms with Crippen LogP contribution in [0.1, 0.15) is 35.1 Å². The summed E-state index contributed by atoms with van der Waals surface area (Å²) in [5.74, 6) is 0.543. The van der Waals surface area contributed by atoms with E-state index < -0.39 is 0 Å². The van der Waals surface area contributed by atoms with Crippen molar-refractivity contribution in [1.29, 1.82) is 0 Å². The summed E-state index contributed by atoms with van der Waals surface area (Å²) in [7, 11) is 0. The molecule has 0 aromatic heterocycles. The minimum atomic E-state index is -0.297. The number of benzene rings is 2. The Kier molecular flexibility index (Phi) is 3.57. The van der Waals surface area contributed by atoms with Crippen LogP contribution >= 0.6 is 11.6 Å². The first-order valence-corrected chi connectivity index (χ1v) is 8.41. The summed E-state index contributed by atoms with van der Waals surface area (Å²) in [6, 6.07) is 10.9. The fourth-order valence-electron chi connectivity index (χ4n) is 4.01. The van der Waals surface area contributed by atoms with Crippen molar-refractivity contribution in [1.82, 2.24) is 0 Å². The normalized spacial score (nSPS) is 24.2. The van der Waals surface area contributed by atoms with E-state index in [1.54, 1.807) is 12.1 Å². The third-order valence-corrected chi connectivity index (χ3v) is 5.61. The monoisotopic (exact) mass is 340 g/mol. The van der Waals surface area contributed by atoms with Crippen LogP contribution in [0.25, 0.3) is 0 Å². The minimum Gasteiger partial charge on any atom is -0.377 e. The smallest absolute Gasteiger partial charge is 0.274 e. The molecule has 1 aliphatic carbocycles. The SMILES string of the molecule is Cc1c(Cl)ccc2c1N[C@H](c1ccccc1[N+](=O)[O-])[C@H]1CC=C[C@@H]21. The van der Waals surface area contributed by atoms with Gasteiger partial charge in [0.2, 0.25) is 0 Å². The molecule has 2 aromatic rings. The number of nitro groups is 1. The summed E-state index contributed by atoms with van der Waals surface area (Å²) in [5, 5.41) is 15.7. The van der Waals surface area contributed by atoms with Gasteiger partial charge in [0, 0.05) is 22.7 Å². The van der Waals surface area contributed by atoms with E-state index in [1.807, 2.05) is 25.1 Å². The quantitative estimate of drug-likeness (QED) is 0.453. The molecule has 1 aliphatic heterocycles. The lowest BCUT2D eigenvalue weighted by atomic mass is 9.76. The van der Waals surface area contributed by atoms with Gasteiger partial charge in [-0.25, -0.2) is 0 Å². The van der Waals surface area contributed by atoms with E-state index in [9.17, 15) is 10.1 Å². The number of halogens is 1. The van der Waals surface area contributed by atoms with E-state index in [2.05, 4.69) is 23.5 Å². The van der Waals surface area contributed by atoms with Crippen LogP contribution in [0.4, 0.5) is 11.4 Å². The van der Waals surface area contributed by atoms with Crippen LogP contribution in [0.3, 0.4) is 0 Å². The van der Waals surface area contributed by atoms with E-state index in [0.717, 1.165) is 23.2 Å². The second kappa shape index (κ2) is 5.64. The Balaban J connectivity index is 1.87. The van der Waals surface area contributed by atoms with Gasteiger partial charge in [-0.15, -0.1) is 0 Å². The number of nitrogens with zero attached hydrogens (tertiary/aromatic N) is 1. The lowest BCUT2D eigenvalue weighted by Gasteiger charge is -2.38. The molecular formula is C19H17ClN2O2. The van der Waals surface area contributed by atoms with Gasteiger partial charge in [-0.2, -0.15) is 0 Å². The Bertz CT molecular complexity index is 862. The Labute approximate surface area is 145 Å².